The molecule has 3 aromatic carbocycles. The fourth-order valence-corrected chi connectivity index (χ4v) is 8.59. The van der Waals surface area contributed by atoms with Crippen LogP contribution in [0.5, 0.6) is 11.5 Å². The summed E-state index contributed by atoms with van der Waals surface area (Å²) in [6.07, 6.45) is 40.2. The van der Waals surface area contributed by atoms with Crippen molar-refractivity contribution in [2.45, 2.75) is 205 Å². The summed E-state index contributed by atoms with van der Waals surface area (Å²) in [6.45, 7) is 4.43. The van der Waals surface area contributed by atoms with E-state index in [1.54, 1.807) is 14.2 Å². The maximum atomic E-state index is 13.5. The monoisotopic (exact) mass is 923 g/mol. The summed E-state index contributed by atoms with van der Waals surface area (Å²) in [5.41, 5.74) is 1.51. The smallest absolute Gasteiger partial charge is 0.306 e. The first-order valence-corrected chi connectivity index (χ1v) is 26.6. The summed E-state index contributed by atoms with van der Waals surface area (Å²) in [5, 5.41) is 0. The van der Waals surface area contributed by atoms with Gasteiger partial charge in [0.25, 0.3) is 0 Å². The Morgan fingerprint density at radius 3 is 1.24 bits per heavy atom. The lowest BCUT2D eigenvalue weighted by atomic mass is 9.80. The molecule has 3 rings (SSSR count). The first kappa shape index (κ1) is 57.0. The maximum absolute atomic E-state index is 13.5. The molecule has 372 valence electrons. The molecule has 0 fully saturated rings. The number of methoxy groups -OCH3 is 2. The van der Waals surface area contributed by atoms with Crippen LogP contribution in [0.4, 0.5) is 0 Å². The Kier molecular flexibility index (Phi) is 32.0. The van der Waals surface area contributed by atoms with Crippen molar-refractivity contribution in [3.63, 3.8) is 0 Å². The van der Waals surface area contributed by atoms with E-state index in [0.29, 0.717) is 12.8 Å². The second kappa shape index (κ2) is 37.6. The number of benzene rings is 3. The molecule has 0 bridgehead atoms. The number of rotatable bonds is 41. The molecule has 0 radical (unpaired) electrons. The van der Waals surface area contributed by atoms with Gasteiger partial charge in [-0.3, -0.25) is 9.59 Å². The minimum absolute atomic E-state index is 0.00818. The van der Waals surface area contributed by atoms with Crippen LogP contribution >= 0.6 is 0 Å². The molecule has 0 saturated carbocycles. The Morgan fingerprint density at radius 1 is 0.448 bits per heavy atom. The van der Waals surface area contributed by atoms with Crippen LogP contribution in [-0.4, -0.2) is 45.5 Å². The molecule has 0 spiro atoms. The summed E-state index contributed by atoms with van der Waals surface area (Å²) in [4.78, 5) is 26.6. The van der Waals surface area contributed by atoms with Crippen molar-refractivity contribution in [2.24, 2.45) is 0 Å². The largest absolute Gasteiger partial charge is 0.497 e. The Labute approximate surface area is 407 Å². The van der Waals surface area contributed by atoms with Gasteiger partial charge in [-0.2, -0.15) is 0 Å². The van der Waals surface area contributed by atoms with Gasteiger partial charge in [-0.1, -0.05) is 195 Å². The van der Waals surface area contributed by atoms with E-state index in [1.807, 2.05) is 78.9 Å². The van der Waals surface area contributed by atoms with Crippen LogP contribution in [0.2, 0.25) is 0 Å². The van der Waals surface area contributed by atoms with Gasteiger partial charge in [0, 0.05) is 12.8 Å². The van der Waals surface area contributed by atoms with Crippen LogP contribution in [0.15, 0.2) is 103 Å². The van der Waals surface area contributed by atoms with Gasteiger partial charge in [-0.25, -0.2) is 0 Å². The van der Waals surface area contributed by atoms with Crippen molar-refractivity contribution >= 4 is 11.9 Å². The zero-order valence-corrected chi connectivity index (χ0v) is 42.5. The molecule has 7 heteroatoms. The van der Waals surface area contributed by atoms with Crippen molar-refractivity contribution in [3.05, 3.63) is 120 Å². The van der Waals surface area contributed by atoms with E-state index in [0.717, 1.165) is 92.4 Å². The van der Waals surface area contributed by atoms with E-state index in [1.165, 1.54) is 103 Å². The fraction of sp³-hybridized carbons (Fsp3) is 0.600. The van der Waals surface area contributed by atoms with Crippen molar-refractivity contribution in [1.29, 1.82) is 0 Å². The number of carbonyl (C=O) groups excluding carboxylic acids is 2. The highest BCUT2D eigenvalue weighted by Crippen LogP contribution is 2.42. The quantitative estimate of drug-likeness (QED) is 0.0243. The molecule has 0 aliphatic rings. The number of hydrogen-bond acceptors (Lipinski definition) is 7. The zero-order chi connectivity index (χ0) is 47.9. The molecule has 0 N–H and O–H groups in total. The average Bonchev–Trinajstić information content (AvgIpc) is 3.36. The first-order valence-electron chi connectivity index (χ1n) is 26.6. The second-order valence-electron chi connectivity index (χ2n) is 18.3. The maximum Gasteiger partial charge on any atom is 0.306 e. The summed E-state index contributed by atoms with van der Waals surface area (Å²) >= 11 is 0. The minimum Gasteiger partial charge on any atom is -0.497 e. The van der Waals surface area contributed by atoms with Crippen LogP contribution in [-0.2, 0) is 29.4 Å². The lowest BCUT2D eigenvalue weighted by molar-refractivity contribution is -0.165. The third-order valence-electron chi connectivity index (χ3n) is 12.7. The summed E-state index contributed by atoms with van der Waals surface area (Å²) in [7, 11) is 3.29. The Hall–Kier alpha value is -4.36. The van der Waals surface area contributed by atoms with E-state index in [4.69, 9.17) is 23.7 Å². The number of hydrogen-bond donors (Lipinski definition) is 0. The molecule has 0 aliphatic carbocycles. The summed E-state index contributed by atoms with van der Waals surface area (Å²) < 4.78 is 30.1. The van der Waals surface area contributed by atoms with Crippen LogP contribution in [0.1, 0.15) is 210 Å². The molecule has 3 aromatic rings. The topological polar surface area (TPSA) is 80.3 Å². The normalized spacial score (nSPS) is 12.2. The van der Waals surface area contributed by atoms with Crippen molar-refractivity contribution < 1.29 is 33.3 Å². The number of esters is 2. The third-order valence-corrected chi connectivity index (χ3v) is 12.7. The molecule has 7 nitrogen and oxygen atoms in total. The molecule has 1 unspecified atom stereocenters. The molecular formula is C60H90O7. The van der Waals surface area contributed by atoms with Crippen molar-refractivity contribution in [2.75, 3.05) is 27.4 Å². The van der Waals surface area contributed by atoms with Crippen LogP contribution in [0.25, 0.3) is 0 Å². The van der Waals surface area contributed by atoms with Gasteiger partial charge >= 0.3 is 11.9 Å². The average molecular weight is 923 g/mol. The standard InChI is InChI=1S/C60H90O7/c1-5-7-9-11-13-15-17-19-21-23-25-27-29-31-36-40-58(61)65-50-57(67-59(62)41-37-32-30-28-26-24-22-20-18-16-14-12-10-8-6-2)51-66-60(52-38-34-33-35-39-52,53-42-46-55(63-3)47-43-53)54-44-48-56(64-4)49-45-54/h19-22,33-35,38-39,42-49,57H,5-18,23-32,36-37,40-41,50-51H2,1-4H3/b21-19-,22-20-. The SMILES string of the molecule is CCCCCCCC/C=C\CCCCCCCC(=O)OCC(COC(c1ccccc1)(c1ccc(OC)cc1)c1ccc(OC)cc1)OC(=O)CCCCCCC/C=C\CCCCCCCC. The highest BCUT2D eigenvalue weighted by atomic mass is 16.6. The third kappa shape index (κ3) is 24.5. The Balaban J connectivity index is 1.59. The first-order chi connectivity index (χ1) is 33.0. The molecule has 0 aliphatic heterocycles. The van der Waals surface area contributed by atoms with Crippen molar-refractivity contribution in [1.82, 2.24) is 0 Å². The molecule has 0 heterocycles. The van der Waals surface area contributed by atoms with Gasteiger partial charge in [0.15, 0.2) is 6.10 Å². The van der Waals surface area contributed by atoms with E-state index in [-0.39, 0.29) is 25.2 Å². The summed E-state index contributed by atoms with van der Waals surface area (Å²) in [6, 6.07) is 25.7. The van der Waals surface area contributed by atoms with Gasteiger partial charge in [-0.05, 0) is 105 Å². The minimum atomic E-state index is -1.11. The highest BCUT2D eigenvalue weighted by Gasteiger charge is 2.39. The second-order valence-corrected chi connectivity index (χ2v) is 18.3. The molecule has 0 aromatic heterocycles. The Morgan fingerprint density at radius 2 is 0.821 bits per heavy atom. The van der Waals surface area contributed by atoms with Gasteiger partial charge in [0.2, 0.25) is 0 Å². The summed E-state index contributed by atoms with van der Waals surface area (Å²) in [5.74, 6) is 0.858. The molecule has 0 amide bonds. The predicted octanol–water partition coefficient (Wildman–Crippen LogP) is 16.5. The predicted molar refractivity (Wildman–Crippen MR) is 278 cm³/mol. The van der Waals surface area contributed by atoms with E-state index in [2.05, 4.69) is 38.2 Å². The molecule has 1 atom stereocenters. The number of allylic oxidation sites excluding steroid dienone is 4. The van der Waals surface area contributed by atoms with Gasteiger partial charge < -0.3 is 23.7 Å². The molecule has 0 saturated heterocycles. The van der Waals surface area contributed by atoms with E-state index >= 15 is 0 Å². The fourth-order valence-electron chi connectivity index (χ4n) is 8.59. The van der Waals surface area contributed by atoms with Crippen LogP contribution in [0.3, 0.4) is 0 Å². The van der Waals surface area contributed by atoms with Crippen molar-refractivity contribution in [3.8, 4) is 11.5 Å². The highest BCUT2D eigenvalue weighted by molar-refractivity contribution is 5.70. The molecular weight excluding hydrogens is 833 g/mol. The zero-order valence-electron chi connectivity index (χ0n) is 42.5. The number of carbonyl (C=O) groups is 2. The van der Waals surface area contributed by atoms with Crippen LogP contribution < -0.4 is 9.47 Å². The van der Waals surface area contributed by atoms with Gasteiger partial charge in [0.05, 0.1) is 20.8 Å². The van der Waals surface area contributed by atoms with E-state index < -0.39 is 11.7 Å². The molecule has 67 heavy (non-hydrogen) atoms. The van der Waals surface area contributed by atoms with Crippen LogP contribution in [0, 0.1) is 0 Å². The number of unbranched alkanes of at least 4 members (excludes halogenated alkanes) is 22. The Bertz CT molecular complexity index is 1670. The van der Waals surface area contributed by atoms with E-state index in [9.17, 15) is 9.59 Å². The lowest BCUT2D eigenvalue weighted by Crippen LogP contribution is -2.38. The number of ether oxygens (including phenoxy) is 5. The lowest BCUT2D eigenvalue weighted by Gasteiger charge is -2.37. The van der Waals surface area contributed by atoms with Gasteiger partial charge in [0.1, 0.15) is 23.7 Å². The van der Waals surface area contributed by atoms with Gasteiger partial charge in [-0.15, -0.1) is 0 Å².